The van der Waals surface area contributed by atoms with E-state index in [-0.39, 0.29) is 44.4 Å². The van der Waals surface area contributed by atoms with Gasteiger partial charge in [0.1, 0.15) is 23.0 Å². The molecule has 4 aromatic rings. The number of benzene rings is 3. The lowest BCUT2D eigenvalue weighted by Gasteiger charge is -2.20. The van der Waals surface area contributed by atoms with E-state index in [9.17, 15) is 37.5 Å². The number of fused-ring (bicyclic) bond motifs is 2. The molecule has 3 N–H and O–H groups in total. The zero-order valence-electron chi connectivity index (χ0n) is 33.3. The zero-order chi connectivity index (χ0) is 44.5. The van der Waals surface area contributed by atoms with Gasteiger partial charge in [0.15, 0.2) is 17.5 Å². The molecule has 0 spiro atoms. The molecule has 0 saturated carbocycles. The molecule has 0 fully saturated rings. The van der Waals surface area contributed by atoms with Crippen LogP contribution < -0.4 is 16.1 Å². The Morgan fingerprint density at radius 2 is 1.44 bits per heavy atom. The van der Waals surface area contributed by atoms with Gasteiger partial charge in [-0.3, -0.25) is 24.4 Å². The van der Waals surface area contributed by atoms with Crippen molar-refractivity contribution in [3.63, 3.8) is 0 Å². The molecule has 0 saturated heterocycles. The summed E-state index contributed by atoms with van der Waals surface area (Å²) < 4.78 is 92.1. The Morgan fingerprint density at radius 1 is 0.774 bits per heavy atom. The van der Waals surface area contributed by atoms with Crippen LogP contribution in [-0.4, -0.2) is 78.1 Å². The topological polar surface area (TPSA) is 170 Å². The molecule has 18 heteroatoms. The third kappa shape index (κ3) is 10.8. The quantitative estimate of drug-likeness (QED) is 0.0321. The number of nitrogens with one attached hydrogen (secondary N) is 2. The Bertz CT molecular complexity index is 2680. The molecule has 12 nitrogen and oxygen atoms in total. The predicted octanol–water partition coefficient (Wildman–Crippen LogP) is 7.41. The molecule has 2 aliphatic rings. The van der Waals surface area contributed by atoms with Gasteiger partial charge >= 0.3 is 5.97 Å². The minimum absolute atomic E-state index is 0.0210. The molecule has 0 bridgehead atoms. The van der Waals surface area contributed by atoms with Crippen molar-refractivity contribution in [1.82, 2.24) is 20.6 Å². The number of aromatic nitrogens is 2. The first kappa shape index (κ1) is 45.3. The van der Waals surface area contributed by atoms with Gasteiger partial charge in [-0.15, -0.1) is 11.8 Å². The number of aromatic carboxylic acids is 1. The van der Waals surface area contributed by atoms with Gasteiger partial charge < -0.3 is 29.6 Å². The minimum atomic E-state index is -1.80. The zero-order valence-corrected chi connectivity index (χ0v) is 34.2. The van der Waals surface area contributed by atoms with E-state index in [4.69, 9.17) is 13.9 Å². The van der Waals surface area contributed by atoms with Crippen LogP contribution in [0.1, 0.15) is 39.9 Å². The number of hydrogen-bond acceptors (Lipinski definition) is 10. The summed E-state index contributed by atoms with van der Waals surface area (Å²) in [4.78, 5) is 57.5. The number of carboxylic acids is 1. The van der Waals surface area contributed by atoms with Gasteiger partial charge in [0.25, 0.3) is 0 Å². The summed E-state index contributed by atoms with van der Waals surface area (Å²) in [7, 11) is 0. The molecule has 2 aromatic carbocycles. The highest BCUT2D eigenvalue weighted by Gasteiger charge is 2.32. The molecule has 3 heterocycles. The van der Waals surface area contributed by atoms with E-state index in [2.05, 4.69) is 20.6 Å². The van der Waals surface area contributed by atoms with Crippen molar-refractivity contribution >= 4 is 40.5 Å². The first-order valence-corrected chi connectivity index (χ1v) is 20.2. The Morgan fingerprint density at radius 3 is 2.13 bits per heavy atom. The molecule has 0 radical (unpaired) electrons. The van der Waals surface area contributed by atoms with Crippen LogP contribution >= 0.6 is 11.8 Å². The average Bonchev–Trinajstić information content (AvgIpc) is 3.23. The number of rotatable bonds is 19. The first-order chi connectivity index (χ1) is 29.7. The number of hydrogen-bond donors (Lipinski definition) is 3. The van der Waals surface area contributed by atoms with E-state index in [1.807, 2.05) is 31.2 Å². The highest BCUT2D eigenvalue weighted by Crippen LogP contribution is 2.46. The first-order valence-electron chi connectivity index (χ1n) is 19.2. The van der Waals surface area contributed by atoms with Crippen LogP contribution in [0.25, 0.3) is 44.8 Å². The Balaban J connectivity index is 0.954. The maximum absolute atomic E-state index is 16.5. The highest BCUT2D eigenvalue weighted by molar-refractivity contribution is 8.00. The summed E-state index contributed by atoms with van der Waals surface area (Å²) in [6.07, 6.45) is 5.17. The summed E-state index contributed by atoms with van der Waals surface area (Å²) in [6.45, 7) is 4.06. The number of nitrogens with zero attached hydrogens (tertiary/aromatic N) is 2. The number of carbonyl (C=O) groups excluding carboxylic acids is 2. The van der Waals surface area contributed by atoms with E-state index in [0.29, 0.717) is 61.8 Å². The van der Waals surface area contributed by atoms with Crippen LogP contribution in [0, 0.1) is 42.9 Å². The second-order valence-electron chi connectivity index (χ2n) is 14.0. The van der Waals surface area contributed by atoms with Crippen LogP contribution in [0.4, 0.5) is 22.0 Å². The van der Waals surface area contributed by atoms with Crippen molar-refractivity contribution in [3.05, 3.63) is 122 Å². The lowest BCUT2D eigenvalue weighted by molar-refractivity contribution is -0.121. The number of carboxylic acid groups (broad SMARTS) is 1. The third-order valence-electron chi connectivity index (χ3n) is 9.58. The lowest BCUT2D eigenvalue weighted by Crippen LogP contribution is -2.29. The highest BCUT2D eigenvalue weighted by atomic mass is 32.2. The second kappa shape index (κ2) is 20.5. The number of pyridine rings is 2. The number of aryl methyl sites for hydroxylation is 2. The van der Waals surface area contributed by atoms with Gasteiger partial charge in [-0.1, -0.05) is 0 Å². The van der Waals surface area contributed by atoms with Crippen molar-refractivity contribution in [1.29, 1.82) is 0 Å². The Hall–Kier alpha value is -6.24. The SMILES string of the molecule is Cc1ccnc(-c2cc(CCCC(=O)NCCOCCOCCNC(=O)CSc3c(F)c(C)c(C(=O)O)c(-c4c5cc(F)c(=O)cc-5oc5cc(F)c(F)cc45)c3F)ccn2)c1. The van der Waals surface area contributed by atoms with Crippen molar-refractivity contribution in [2.24, 2.45) is 0 Å². The molecular weight excluding hydrogens is 840 g/mol. The van der Waals surface area contributed by atoms with Crippen molar-refractivity contribution in [2.75, 3.05) is 45.3 Å². The summed E-state index contributed by atoms with van der Waals surface area (Å²) >= 11 is 0.400. The van der Waals surface area contributed by atoms with Crippen molar-refractivity contribution in [3.8, 4) is 33.8 Å². The molecule has 0 atom stereocenters. The van der Waals surface area contributed by atoms with Gasteiger partial charge in [-0.05, 0) is 74.2 Å². The van der Waals surface area contributed by atoms with E-state index in [1.54, 1.807) is 12.4 Å². The molecule has 2 amide bonds. The molecule has 1 aliphatic heterocycles. The summed E-state index contributed by atoms with van der Waals surface area (Å²) in [5, 5.41) is 15.1. The smallest absolute Gasteiger partial charge is 0.336 e. The van der Waals surface area contributed by atoms with Gasteiger partial charge in [0.2, 0.25) is 17.2 Å². The van der Waals surface area contributed by atoms with Gasteiger partial charge in [0, 0.05) is 71.7 Å². The normalized spacial score (nSPS) is 11.3. The van der Waals surface area contributed by atoms with E-state index >= 15 is 8.78 Å². The molecule has 6 rings (SSSR count). The fraction of sp³-hybridized carbons (Fsp3) is 0.273. The molecule has 324 valence electrons. The standard InChI is InChI=1S/C44H39F5N4O8S/c1-23-6-8-50-31(16-23)32-17-25(7-9-51-32)4-3-5-36(55)52-10-12-59-14-15-60-13-11-53-37(56)22-62-43-41(48)24(2)38(44(57)58)40(42(43)49)39-26-18-28(45)29(46)20-34(26)61-35-21-33(54)30(47)19-27(35)39/h6-9,16-21H,3-5,10-15,22H2,1-2H3,(H,52,55)(H,53,56)(H,57,58). The minimum Gasteiger partial charge on any atom is -0.478 e. The Labute approximate surface area is 355 Å². The maximum Gasteiger partial charge on any atom is 0.336 e. The monoisotopic (exact) mass is 878 g/mol. The largest absolute Gasteiger partial charge is 0.478 e. The van der Waals surface area contributed by atoms with Crippen LogP contribution in [-0.2, 0) is 25.5 Å². The third-order valence-corrected chi connectivity index (χ3v) is 10.6. The fourth-order valence-corrected chi connectivity index (χ4v) is 7.48. The average molecular weight is 879 g/mol. The second-order valence-corrected chi connectivity index (χ2v) is 15.0. The number of amides is 2. The summed E-state index contributed by atoms with van der Waals surface area (Å²) in [5.41, 5.74) is -1.08. The van der Waals surface area contributed by atoms with Crippen LogP contribution in [0.3, 0.4) is 0 Å². The molecular formula is C44H39F5N4O8S. The summed E-state index contributed by atoms with van der Waals surface area (Å²) in [6, 6.07) is 10.2. The van der Waals surface area contributed by atoms with E-state index < -0.39 is 96.0 Å². The van der Waals surface area contributed by atoms with Crippen molar-refractivity contribution in [2.45, 2.75) is 38.0 Å². The van der Waals surface area contributed by atoms with Gasteiger partial charge in [-0.25, -0.2) is 26.7 Å². The number of ether oxygens (including phenoxy) is 2. The fourth-order valence-electron chi connectivity index (χ4n) is 6.60. The van der Waals surface area contributed by atoms with Crippen LogP contribution in [0.15, 0.2) is 75.0 Å². The van der Waals surface area contributed by atoms with Crippen molar-refractivity contribution < 1.29 is 55.3 Å². The number of halogens is 5. The van der Waals surface area contributed by atoms with Gasteiger partial charge in [-0.2, -0.15) is 0 Å². The molecule has 0 unspecified atom stereocenters. The van der Waals surface area contributed by atoms with Gasteiger partial charge in [0.05, 0.1) is 54.0 Å². The van der Waals surface area contributed by atoms with E-state index in [0.717, 1.165) is 29.4 Å². The predicted molar refractivity (Wildman–Crippen MR) is 220 cm³/mol. The maximum atomic E-state index is 16.5. The summed E-state index contributed by atoms with van der Waals surface area (Å²) in [5.74, 6) is -10.5. The molecule has 1 aliphatic carbocycles. The Kier molecular flexibility index (Phi) is 15.0. The lowest BCUT2D eigenvalue weighted by atomic mass is 9.88. The molecule has 62 heavy (non-hydrogen) atoms. The number of thioether (sulfide) groups is 1. The van der Waals surface area contributed by atoms with E-state index in [1.165, 1.54) is 0 Å². The molecule has 2 aromatic heterocycles. The number of carbonyl (C=O) groups is 3. The van der Waals surface area contributed by atoms with Crippen LogP contribution in [0.2, 0.25) is 0 Å². The van der Waals surface area contributed by atoms with Crippen LogP contribution in [0.5, 0.6) is 0 Å².